The topological polar surface area (TPSA) is 91.1 Å². The average molecular weight is 274 g/mol. The number of aliphatic imine (C=N–C) groups is 1. The monoisotopic (exact) mass is 274 g/mol. The van der Waals surface area contributed by atoms with E-state index in [2.05, 4.69) is 15.0 Å². The van der Waals surface area contributed by atoms with Crippen LogP contribution in [0, 0.1) is 17.0 Å². The summed E-state index contributed by atoms with van der Waals surface area (Å²) in [5, 5.41) is 10.7. The highest BCUT2D eigenvalue weighted by Gasteiger charge is 2.14. The van der Waals surface area contributed by atoms with Crippen LogP contribution in [-0.2, 0) is 14.1 Å². The maximum absolute atomic E-state index is 10.7. The van der Waals surface area contributed by atoms with Crippen molar-refractivity contribution in [3.63, 3.8) is 0 Å². The summed E-state index contributed by atoms with van der Waals surface area (Å²) in [5.41, 5.74) is 1.64. The molecule has 0 aromatic carbocycles. The lowest BCUT2D eigenvalue weighted by molar-refractivity contribution is -0.396. The fourth-order valence-corrected chi connectivity index (χ4v) is 1.59. The van der Waals surface area contributed by atoms with Gasteiger partial charge in [-0.15, -0.1) is 0 Å². The van der Waals surface area contributed by atoms with Gasteiger partial charge in [0.05, 0.1) is 13.2 Å². The van der Waals surface area contributed by atoms with Gasteiger partial charge in [-0.3, -0.25) is 0 Å². The van der Waals surface area contributed by atoms with Gasteiger partial charge in [0, 0.05) is 19.0 Å². The Kier molecular flexibility index (Phi) is 3.74. The molecule has 0 aliphatic heterocycles. The van der Waals surface area contributed by atoms with E-state index in [0.29, 0.717) is 11.6 Å². The minimum Gasteiger partial charge on any atom is -0.390 e. The Balaban J connectivity index is 2.11. The third-order valence-corrected chi connectivity index (χ3v) is 2.90. The summed E-state index contributed by atoms with van der Waals surface area (Å²) in [5.74, 6) is 0.407. The summed E-state index contributed by atoms with van der Waals surface area (Å²) >= 11 is 0. The van der Waals surface area contributed by atoms with Crippen LogP contribution in [0.4, 0.5) is 11.9 Å². The molecule has 0 bridgehead atoms. The van der Waals surface area contributed by atoms with Gasteiger partial charge in [0.25, 0.3) is 0 Å². The SMILES string of the molecule is Cc1cnc(/N=C/C=C/c2cnc([N+](=O)[O-])n2C)n1C. The van der Waals surface area contributed by atoms with Gasteiger partial charge in [-0.25, -0.2) is 14.5 Å². The van der Waals surface area contributed by atoms with E-state index in [1.54, 1.807) is 31.6 Å². The molecule has 0 fully saturated rings. The van der Waals surface area contributed by atoms with Gasteiger partial charge in [-0.1, -0.05) is 4.98 Å². The Morgan fingerprint density at radius 3 is 2.60 bits per heavy atom. The lowest BCUT2D eigenvalue weighted by Gasteiger charge is -1.95. The molecule has 2 rings (SSSR count). The summed E-state index contributed by atoms with van der Waals surface area (Å²) in [6.07, 6.45) is 8.14. The molecular formula is C12H14N6O2. The molecule has 8 heteroatoms. The van der Waals surface area contributed by atoms with Crippen molar-refractivity contribution in [3.05, 3.63) is 40.0 Å². The van der Waals surface area contributed by atoms with Gasteiger partial charge in [-0.2, -0.15) is 0 Å². The summed E-state index contributed by atoms with van der Waals surface area (Å²) < 4.78 is 3.26. The van der Waals surface area contributed by atoms with Crippen LogP contribution in [0.5, 0.6) is 0 Å². The van der Waals surface area contributed by atoms with Crippen LogP contribution >= 0.6 is 0 Å². The number of nitro groups is 1. The van der Waals surface area contributed by atoms with Crippen LogP contribution in [-0.4, -0.2) is 30.2 Å². The lowest BCUT2D eigenvalue weighted by atomic mass is 10.4. The second-order valence-electron chi connectivity index (χ2n) is 4.20. The number of hydrogen-bond acceptors (Lipinski definition) is 5. The number of aryl methyl sites for hydroxylation is 1. The van der Waals surface area contributed by atoms with E-state index >= 15 is 0 Å². The quantitative estimate of drug-likeness (QED) is 0.482. The maximum atomic E-state index is 10.7. The van der Waals surface area contributed by atoms with E-state index in [-0.39, 0.29) is 5.95 Å². The largest absolute Gasteiger partial charge is 0.434 e. The second kappa shape index (κ2) is 5.47. The normalized spacial score (nSPS) is 11.8. The first-order valence-corrected chi connectivity index (χ1v) is 5.86. The number of allylic oxidation sites excluding steroid dienone is 1. The third-order valence-electron chi connectivity index (χ3n) is 2.90. The average Bonchev–Trinajstić information content (AvgIpc) is 2.92. The first-order chi connectivity index (χ1) is 9.50. The number of rotatable bonds is 4. The molecule has 0 N–H and O–H groups in total. The van der Waals surface area contributed by atoms with E-state index in [1.807, 2.05) is 18.5 Å². The molecule has 0 saturated heterocycles. The summed E-state index contributed by atoms with van der Waals surface area (Å²) in [7, 11) is 3.47. The molecule has 104 valence electrons. The molecule has 8 nitrogen and oxygen atoms in total. The number of nitrogens with zero attached hydrogens (tertiary/aromatic N) is 6. The maximum Gasteiger partial charge on any atom is 0.434 e. The molecule has 0 aliphatic rings. The lowest BCUT2D eigenvalue weighted by Crippen LogP contribution is -1.99. The molecule has 20 heavy (non-hydrogen) atoms. The summed E-state index contributed by atoms with van der Waals surface area (Å²) in [6, 6.07) is 0. The highest BCUT2D eigenvalue weighted by atomic mass is 16.6. The van der Waals surface area contributed by atoms with Crippen LogP contribution in [0.3, 0.4) is 0 Å². The van der Waals surface area contributed by atoms with E-state index in [1.165, 1.54) is 10.8 Å². The standard InChI is InChI=1S/C12H14N6O2/c1-9-7-14-11(16(9)2)13-6-4-5-10-8-15-12(17(10)3)18(19)20/h4-8H,1-3H3/b5-4+,13-6+. The Morgan fingerprint density at radius 2 is 2.05 bits per heavy atom. The van der Waals surface area contributed by atoms with Crippen LogP contribution in [0.15, 0.2) is 23.5 Å². The fraction of sp³-hybridized carbons (Fsp3) is 0.250. The third kappa shape index (κ3) is 2.63. The van der Waals surface area contributed by atoms with E-state index in [4.69, 9.17) is 0 Å². The molecule has 2 heterocycles. The zero-order valence-electron chi connectivity index (χ0n) is 11.4. The first-order valence-electron chi connectivity index (χ1n) is 5.86. The predicted octanol–water partition coefficient (Wildman–Crippen LogP) is 1.79. The van der Waals surface area contributed by atoms with Gasteiger partial charge in [-0.05, 0) is 24.0 Å². The van der Waals surface area contributed by atoms with Crippen LogP contribution < -0.4 is 0 Å². The number of aromatic nitrogens is 4. The van der Waals surface area contributed by atoms with Crippen molar-refractivity contribution in [2.45, 2.75) is 6.92 Å². The molecular weight excluding hydrogens is 260 g/mol. The molecule has 0 radical (unpaired) electrons. The Hall–Kier alpha value is -2.77. The summed E-state index contributed by atoms with van der Waals surface area (Å²) in [6.45, 7) is 1.94. The minimum atomic E-state index is -0.526. The fourth-order valence-electron chi connectivity index (χ4n) is 1.59. The van der Waals surface area contributed by atoms with Gasteiger partial charge in [0.1, 0.15) is 11.9 Å². The van der Waals surface area contributed by atoms with Gasteiger partial charge < -0.3 is 14.7 Å². The molecule has 0 unspecified atom stereocenters. The van der Waals surface area contributed by atoms with Crippen molar-refractivity contribution >= 4 is 24.2 Å². The molecule has 0 spiro atoms. The Bertz CT molecular complexity index is 695. The van der Waals surface area contributed by atoms with E-state index < -0.39 is 4.92 Å². The first kappa shape index (κ1) is 13.7. The predicted molar refractivity (Wildman–Crippen MR) is 75.0 cm³/mol. The highest BCUT2D eigenvalue weighted by Crippen LogP contribution is 2.12. The van der Waals surface area contributed by atoms with Gasteiger partial charge >= 0.3 is 5.95 Å². The van der Waals surface area contributed by atoms with Crippen molar-refractivity contribution in [1.29, 1.82) is 0 Å². The molecule has 0 amide bonds. The molecule has 2 aromatic heterocycles. The zero-order valence-corrected chi connectivity index (χ0v) is 11.4. The molecule has 2 aromatic rings. The van der Waals surface area contributed by atoms with Crippen LogP contribution in [0.25, 0.3) is 6.08 Å². The van der Waals surface area contributed by atoms with Crippen molar-refractivity contribution in [3.8, 4) is 0 Å². The Morgan fingerprint density at radius 1 is 1.30 bits per heavy atom. The Labute approximate surface area is 115 Å². The highest BCUT2D eigenvalue weighted by molar-refractivity contribution is 5.79. The van der Waals surface area contributed by atoms with Crippen molar-refractivity contribution < 1.29 is 4.92 Å². The number of imidazole rings is 2. The minimum absolute atomic E-state index is 0.193. The molecule has 0 saturated carbocycles. The van der Waals surface area contributed by atoms with Crippen molar-refractivity contribution in [2.24, 2.45) is 19.1 Å². The van der Waals surface area contributed by atoms with Crippen molar-refractivity contribution in [1.82, 2.24) is 19.1 Å². The van der Waals surface area contributed by atoms with Crippen LogP contribution in [0.1, 0.15) is 11.4 Å². The van der Waals surface area contributed by atoms with Crippen molar-refractivity contribution in [2.75, 3.05) is 0 Å². The van der Waals surface area contributed by atoms with E-state index in [0.717, 1.165) is 5.69 Å². The molecule has 0 atom stereocenters. The smallest absolute Gasteiger partial charge is 0.390 e. The number of hydrogen-bond donors (Lipinski definition) is 0. The second-order valence-corrected chi connectivity index (χ2v) is 4.20. The van der Waals surface area contributed by atoms with Gasteiger partial charge in [0.2, 0.25) is 5.95 Å². The summed E-state index contributed by atoms with van der Waals surface area (Å²) in [4.78, 5) is 22.2. The molecule has 0 aliphatic carbocycles. The van der Waals surface area contributed by atoms with E-state index in [9.17, 15) is 10.1 Å². The van der Waals surface area contributed by atoms with Gasteiger partial charge in [0.15, 0.2) is 0 Å². The van der Waals surface area contributed by atoms with Crippen LogP contribution in [0.2, 0.25) is 0 Å². The zero-order chi connectivity index (χ0) is 14.7.